The van der Waals surface area contributed by atoms with E-state index in [9.17, 15) is 9.59 Å². The molecular formula is C20H23NO3. The van der Waals surface area contributed by atoms with Gasteiger partial charge in [0.25, 0.3) is 0 Å². The van der Waals surface area contributed by atoms with Gasteiger partial charge in [-0.3, -0.25) is 9.59 Å². The smallest absolute Gasteiger partial charge is 0.305 e. The molecule has 24 heavy (non-hydrogen) atoms. The van der Waals surface area contributed by atoms with Crippen LogP contribution in [0.15, 0.2) is 54.6 Å². The molecular weight excluding hydrogens is 302 g/mol. The van der Waals surface area contributed by atoms with Crippen molar-refractivity contribution in [3.05, 3.63) is 71.3 Å². The predicted molar refractivity (Wildman–Crippen MR) is 94.3 cm³/mol. The standard InChI is InChI=1S/C20H23NO3/c1-2-15-8-10-17(11-9-15)20(24)18(14-19(22)23)21-13-12-16-6-4-3-5-7-16/h3-11,18,21H,2,12-14H2,1H3,(H,22,23). The van der Waals surface area contributed by atoms with Crippen molar-refractivity contribution in [2.24, 2.45) is 0 Å². The highest BCUT2D eigenvalue weighted by atomic mass is 16.4. The van der Waals surface area contributed by atoms with E-state index in [-0.39, 0.29) is 12.2 Å². The van der Waals surface area contributed by atoms with Crippen LogP contribution in [0, 0.1) is 0 Å². The Morgan fingerprint density at radius 2 is 1.67 bits per heavy atom. The molecule has 0 amide bonds. The Balaban J connectivity index is 2.00. The highest BCUT2D eigenvalue weighted by Crippen LogP contribution is 2.10. The van der Waals surface area contributed by atoms with Crippen molar-refractivity contribution in [3.63, 3.8) is 0 Å². The monoisotopic (exact) mass is 325 g/mol. The summed E-state index contributed by atoms with van der Waals surface area (Å²) in [6.45, 7) is 2.61. The first-order valence-electron chi connectivity index (χ1n) is 8.22. The van der Waals surface area contributed by atoms with Crippen molar-refractivity contribution in [1.82, 2.24) is 5.32 Å². The molecule has 0 radical (unpaired) electrons. The third kappa shape index (κ3) is 5.32. The van der Waals surface area contributed by atoms with Gasteiger partial charge in [-0.1, -0.05) is 61.5 Å². The number of carbonyl (C=O) groups excluding carboxylic acids is 1. The quantitative estimate of drug-likeness (QED) is 0.695. The van der Waals surface area contributed by atoms with Crippen molar-refractivity contribution in [2.75, 3.05) is 6.54 Å². The molecule has 2 N–H and O–H groups in total. The maximum absolute atomic E-state index is 12.6. The highest BCUT2D eigenvalue weighted by Gasteiger charge is 2.22. The van der Waals surface area contributed by atoms with Gasteiger partial charge in [0.15, 0.2) is 5.78 Å². The summed E-state index contributed by atoms with van der Waals surface area (Å²) in [4.78, 5) is 23.7. The SMILES string of the molecule is CCc1ccc(C(=O)C(CC(=O)O)NCCc2ccccc2)cc1. The minimum Gasteiger partial charge on any atom is -0.481 e. The first-order valence-corrected chi connectivity index (χ1v) is 8.22. The first-order chi connectivity index (χ1) is 11.6. The number of rotatable bonds is 9. The number of carboxylic acid groups (broad SMARTS) is 1. The second-order valence-electron chi connectivity index (χ2n) is 5.75. The highest BCUT2D eigenvalue weighted by molar-refractivity contribution is 6.01. The van der Waals surface area contributed by atoms with Gasteiger partial charge in [0.1, 0.15) is 0 Å². The Kier molecular flexibility index (Phi) is 6.70. The van der Waals surface area contributed by atoms with Crippen LogP contribution in [-0.4, -0.2) is 29.4 Å². The summed E-state index contributed by atoms with van der Waals surface area (Å²) in [5.74, 6) is -1.15. The second kappa shape index (κ2) is 8.99. The molecule has 4 nitrogen and oxygen atoms in total. The van der Waals surface area contributed by atoms with Gasteiger partial charge in [0.05, 0.1) is 12.5 Å². The minimum atomic E-state index is -0.981. The number of hydrogen-bond donors (Lipinski definition) is 2. The zero-order valence-corrected chi connectivity index (χ0v) is 13.9. The summed E-state index contributed by atoms with van der Waals surface area (Å²) in [6, 6.07) is 16.6. The predicted octanol–water partition coefficient (Wildman–Crippen LogP) is 3.11. The first kappa shape index (κ1) is 17.9. The Hall–Kier alpha value is -2.46. The Labute approximate surface area is 142 Å². The molecule has 0 aliphatic carbocycles. The molecule has 0 aromatic heterocycles. The molecule has 0 heterocycles. The van der Waals surface area contributed by atoms with E-state index in [1.807, 2.05) is 42.5 Å². The lowest BCUT2D eigenvalue weighted by Crippen LogP contribution is -2.39. The van der Waals surface area contributed by atoms with Crippen LogP contribution in [0.3, 0.4) is 0 Å². The topological polar surface area (TPSA) is 66.4 Å². The van der Waals surface area contributed by atoms with Gasteiger partial charge in [-0.15, -0.1) is 0 Å². The van der Waals surface area contributed by atoms with Gasteiger partial charge in [0, 0.05) is 5.56 Å². The van der Waals surface area contributed by atoms with E-state index in [1.165, 1.54) is 0 Å². The number of carbonyl (C=O) groups is 2. The van der Waals surface area contributed by atoms with Gasteiger partial charge < -0.3 is 10.4 Å². The van der Waals surface area contributed by atoms with E-state index in [2.05, 4.69) is 12.2 Å². The Morgan fingerprint density at radius 1 is 1.00 bits per heavy atom. The number of nitrogens with one attached hydrogen (secondary N) is 1. The van der Waals surface area contributed by atoms with Crippen molar-refractivity contribution >= 4 is 11.8 Å². The maximum Gasteiger partial charge on any atom is 0.305 e. The van der Waals surface area contributed by atoms with E-state index in [1.54, 1.807) is 12.1 Å². The van der Waals surface area contributed by atoms with Crippen LogP contribution in [0.5, 0.6) is 0 Å². The summed E-state index contributed by atoms with van der Waals surface area (Å²) in [5, 5.41) is 12.2. The number of benzene rings is 2. The van der Waals surface area contributed by atoms with Crippen LogP contribution < -0.4 is 5.32 Å². The number of Topliss-reactive ketones (excluding diaryl/α,β-unsaturated/α-hetero) is 1. The van der Waals surface area contributed by atoms with E-state index in [4.69, 9.17) is 5.11 Å². The summed E-state index contributed by atoms with van der Waals surface area (Å²) < 4.78 is 0. The molecule has 0 saturated heterocycles. The summed E-state index contributed by atoms with van der Waals surface area (Å²) in [6.07, 6.45) is 1.44. The molecule has 0 aliphatic rings. The Morgan fingerprint density at radius 3 is 2.25 bits per heavy atom. The van der Waals surface area contributed by atoms with Crippen LogP contribution >= 0.6 is 0 Å². The van der Waals surface area contributed by atoms with Crippen LogP contribution in [0.4, 0.5) is 0 Å². The third-order valence-electron chi connectivity index (χ3n) is 3.99. The van der Waals surface area contributed by atoms with Crippen LogP contribution in [0.2, 0.25) is 0 Å². The number of carboxylic acids is 1. The average Bonchev–Trinajstić information content (AvgIpc) is 2.61. The maximum atomic E-state index is 12.6. The van der Waals surface area contributed by atoms with E-state index >= 15 is 0 Å². The number of aliphatic carboxylic acids is 1. The van der Waals surface area contributed by atoms with Gasteiger partial charge in [-0.25, -0.2) is 0 Å². The lowest BCUT2D eigenvalue weighted by Gasteiger charge is -2.16. The van der Waals surface area contributed by atoms with E-state index in [0.717, 1.165) is 24.0 Å². The molecule has 2 rings (SSSR count). The third-order valence-corrected chi connectivity index (χ3v) is 3.99. The lowest BCUT2D eigenvalue weighted by atomic mass is 9.99. The average molecular weight is 325 g/mol. The minimum absolute atomic E-state index is 0.173. The summed E-state index contributed by atoms with van der Waals surface area (Å²) >= 11 is 0. The van der Waals surface area contributed by atoms with Crippen molar-refractivity contribution in [1.29, 1.82) is 0 Å². The fourth-order valence-corrected chi connectivity index (χ4v) is 2.57. The van der Waals surface area contributed by atoms with Crippen LogP contribution in [-0.2, 0) is 17.6 Å². The molecule has 0 aliphatic heterocycles. The molecule has 4 heteroatoms. The molecule has 1 unspecified atom stereocenters. The molecule has 0 bridgehead atoms. The number of ketones is 1. The molecule has 0 fully saturated rings. The summed E-state index contributed by atoms with van der Waals surface area (Å²) in [7, 11) is 0. The molecule has 2 aromatic carbocycles. The molecule has 1 atom stereocenters. The van der Waals surface area contributed by atoms with E-state index in [0.29, 0.717) is 12.1 Å². The molecule has 126 valence electrons. The second-order valence-corrected chi connectivity index (χ2v) is 5.75. The number of aryl methyl sites for hydroxylation is 1. The van der Waals surface area contributed by atoms with Crippen LogP contribution in [0.1, 0.15) is 34.8 Å². The van der Waals surface area contributed by atoms with E-state index < -0.39 is 12.0 Å². The summed E-state index contributed by atoms with van der Waals surface area (Å²) in [5.41, 5.74) is 2.85. The van der Waals surface area contributed by atoms with Gasteiger partial charge in [-0.05, 0) is 30.5 Å². The molecule has 2 aromatic rings. The Bertz CT molecular complexity index is 665. The molecule has 0 spiro atoms. The van der Waals surface area contributed by atoms with Crippen LogP contribution in [0.25, 0.3) is 0 Å². The lowest BCUT2D eigenvalue weighted by molar-refractivity contribution is -0.137. The fraction of sp³-hybridized carbons (Fsp3) is 0.300. The normalized spacial score (nSPS) is 11.9. The van der Waals surface area contributed by atoms with Gasteiger partial charge in [0.2, 0.25) is 0 Å². The number of hydrogen-bond acceptors (Lipinski definition) is 3. The fourth-order valence-electron chi connectivity index (χ4n) is 2.57. The zero-order chi connectivity index (χ0) is 17.4. The zero-order valence-electron chi connectivity index (χ0n) is 13.9. The van der Waals surface area contributed by atoms with Gasteiger partial charge in [-0.2, -0.15) is 0 Å². The van der Waals surface area contributed by atoms with Crippen molar-refractivity contribution in [2.45, 2.75) is 32.2 Å². The largest absolute Gasteiger partial charge is 0.481 e. The van der Waals surface area contributed by atoms with Gasteiger partial charge >= 0.3 is 5.97 Å². The van der Waals surface area contributed by atoms with Crippen molar-refractivity contribution in [3.8, 4) is 0 Å². The molecule has 0 saturated carbocycles. The van der Waals surface area contributed by atoms with Crippen molar-refractivity contribution < 1.29 is 14.7 Å².